The minimum absolute atomic E-state index is 0.0915. The maximum Gasteiger partial charge on any atom is 0.197 e. The molecule has 6 nitrogen and oxygen atoms in total. The summed E-state index contributed by atoms with van der Waals surface area (Å²) in [5.41, 5.74) is 0.351. The van der Waals surface area contributed by atoms with Crippen molar-refractivity contribution >= 4 is 39.6 Å². The number of methoxy groups -OCH3 is 1. The van der Waals surface area contributed by atoms with Crippen molar-refractivity contribution < 1.29 is 27.1 Å². The van der Waals surface area contributed by atoms with E-state index >= 15 is 0 Å². The minimum atomic E-state index is -2.42. The quantitative estimate of drug-likeness (QED) is 0.243. The third-order valence-electron chi connectivity index (χ3n) is 4.46. The van der Waals surface area contributed by atoms with Gasteiger partial charge in [-0.25, -0.2) is 13.5 Å². The van der Waals surface area contributed by atoms with Gasteiger partial charge in [0.2, 0.25) is 0 Å². The molecule has 10 heteroatoms. The van der Waals surface area contributed by atoms with E-state index in [1.165, 1.54) is 25.4 Å². The summed E-state index contributed by atoms with van der Waals surface area (Å²) in [7, 11) is 1.48. The number of nitrogens with zero attached hydrogens (tertiary/aromatic N) is 1. The number of carbonyl (C=O) groups is 1. The van der Waals surface area contributed by atoms with Gasteiger partial charge in [-0.05, 0) is 48.7 Å². The van der Waals surface area contributed by atoms with E-state index in [1.54, 1.807) is 12.1 Å². The molecule has 1 heterocycles. The Labute approximate surface area is 178 Å². The smallest absolute Gasteiger partial charge is 0.197 e. The number of ether oxygens (including phenoxy) is 1. The number of benzene rings is 2. The van der Waals surface area contributed by atoms with Crippen LogP contribution in [0.3, 0.4) is 0 Å². The molecule has 0 spiro atoms. The first-order chi connectivity index (χ1) is 14.3. The van der Waals surface area contributed by atoms with Crippen LogP contribution in [0.5, 0.6) is 5.75 Å². The molecule has 2 aromatic carbocycles. The van der Waals surface area contributed by atoms with Crippen LogP contribution in [0.25, 0.3) is 10.9 Å². The van der Waals surface area contributed by atoms with Crippen LogP contribution in [-0.2, 0) is 17.7 Å². The number of pyridine rings is 1. The van der Waals surface area contributed by atoms with Crippen molar-refractivity contribution in [1.29, 1.82) is 0 Å². The summed E-state index contributed by atoms with van der Waals surface area (Å²) in [5.74, 6) is -2.84. The predicted octanol–water partition coefficient (Wildman–Crippen LogP) is 3.72. The van der Waals surface area contributed by atoms with Gasteiger partial charge in [0.15, 0.2) is 17.4 Å². The van der Waals surface area contributed by atoms with Crippen LogP contribution >= 0.6 is 11.6 Å². The van der Waals surface area contributed by atoms with Crippen LogP contribution in [-0.4, -0.2) is 33.2 Å². The Hall–Kier alpha value is -2.46. The van der Waals surface area contributed by atoms with Crippen molar-refractivity contribution in [2.24, 2.45) is 0 Å². The fraction of sp³-hybridized carbons (Fsp3) is 0.200. The molecule has 0 amide bonds. The maximum atomic E-state index is 14.5. The van der Waals surface area contributed by atoms with Crippen LogP contribution in [0.1, 0.15) is 27.9 Å². The molecule has 158 valence electrons. The lowest BCUT2D eigenvalue weighted by Crippen LogP contribution is -2.18. The van der Waals surface area contributed by atoms with E-state index < -0.39 is 34.2 Å². The van der Waals surface area contributed by atoms with Crippen LogP contribution < -0.4 is 9.46 Å². The molecule has 1 unspecified atom stereocenters. The van der Waals surface area contributed by atoms with E-state index in [9.17, 15) is 22.3 Å². The third-order valence-corrected chi connectivity index (χ3v) is 5.33. The molecule has 1 N–H and O–H groups in total. The van der Waals surface area contributed by atoms with Gasteiger partial charge in [-0.3, -0.25) is 14.0 Å². The van der Waals surface area contributed by atoms with Gasteiger partial charge < -0.3 is 9.29 Å². The van der Waals surface area contributed by atoms with Crippen LogP contribution in [0.15, 0.2) is 36.5 Å². The highest BCUT2D eigenvalue weighted by Gasteiger charge is 2.24. The van der Waals surface area contributed by atoms with E-state index in [1.807, 2.05) is 0 Å². The average molecular weight is 454 g/mol. The lowest BCUT2D eigenvalue weighted by Gasteiger charge is -2.12. The molecule has 1 atom stereocenters. The standard InChI is InChI=1S/C20H17ClF2N2O4S/c1-29-14-8-13-7-12(4-5-16(13)24-10-14)20(26)17-18(21)11(9-15(22)19(17)23)3-2-6-25-30(27)28/h4-5,7-10,25H,2-3,6H2,1H3,(H,27,28)/p-1. The molecule has 0 aliphatic carbocycles. The molecule has 0 saturated heterocycles. The number of hydrogen-bond acceptors (Lipinski definition) is 5. The van der Waals surface area contributed by atoms with E-state index in [-0.39, 0.29) is 35.5 Å². The summed E-state index contributed by atoms with van der Waals surface area (Å²) in [4.78, 5) is 17.2. The van der Waals surface area contributed by atoms with Crippen LogP contribution in [0.2, 0.25) is 5.02 Å². The van der Waals surface area contributed by atoms with Gasteiger partial charge in [0.25, 0.3) is 0 Å². The number of nitrogens with one attached hydrogen (secondary N) is 1. The zero-order valence-electron chi connectivity index (χ0n) is 15.7. The Morgan fingerprint density at radius 3 is 2.77 bits per heavy atom. The summed E-state index contributed by atoms with van der Waals surface area (Å²) in [6.45, 7) is 0.0915. The fourth-order valence-electron chi connectivity index (χ4n) is 2.98. The summed E-state index contributed by atoms with van der Waals surface area (Å²) >= 11 is 3.81. The molecule has 1 aromatic heterocycles. The predicted molar refractivity (Wildman–Crippen MR) is 108 cm³/mol. The molecule has 0 aliphatic rings. The second kappa shape index (κ2) is 9.57. The SMILES string of the molecule is COc1cnc2ccc(C(=O)c3c(F)c(F)cc(CCCNS(=O)[O-])c3Cl)cc2c1. The zero-order chi connectivity index (χ0) is 21.8. The summed E-state index contributed by atoms with van der Waals surface area (Å²) in [5, 5.41) is 0.385. The third kappa shape index (κ3) is 4.81. The molecule has 3 rings (SSSR count). The molecule has 0 fully saturated rings. The topological polar surface area (TPSA) is 91.3 Å². The maximum absolute atomic E-state index is 14.5. The number of aryl methyl sites for hydroxylation is 1. The molecule has 0 bridgehead atoms. The highest BCUT2D eigenvalue weighted by Crippen LogP contribution is 2.30. The van der Waals surface area contributed by atoms with Crippen LogP contribution in [0, 0.1) is 11.6 Å². The van der Waals surface area contributed by atoms with E-state index in [2.05, 4.69) is 9.71 Å². The van der Waals surface area contributed by atoms with Crippen molar-refractivity contribution in [2.75, 3.05) is 13.7 Å². The normalized spacial score (nSPS) is 12.2. The first-order valence-corrected chi connectivity index (χ1v) is 10.2. The largest absolute Gasteiger partial charge is 0.760 e. The van der Waals surface area contributed by atoms with Gasteiger partial charge in [-0.15, -0.1) is 0 Å². The van der Waals surface area contributed by atoms with Gasteiger partial charge in [-0.1, -0.05) is 11.6 Å². The Morgan fingerprint density at radius 1 is 1.30 bits per heavy atom. The van der Waals surface area contributed by atoms with Gasteiger partial charge >= 0.3 is 0 Å². The Kier molecular flexibility index (Phi) is 7.09. The molecule has 0 aliphatic heterocycles. The van der Waals surface area contributed by atoms with Crippen molar-refractivity contribution in [3.05, 3.63) is 69.9 Å². The fourth-order valence-corrected chi connectivity index (χ4v) is 3.61. The number of fused-ring (bicyclic) bond motifs is 1. The Balaban J connectivity index is 1.96. The number of aromatic nitrogens is 1. The lowest BCUT2D eigenvalue weighted by molar-refractivity contribution is 0.103. The van der Waals surface area contributed by atoms with Crippen molar-refractivity contribution in [3.8, 4) is 5.75 Å². The number of carbonyl (C=O) groups excluding carboxylic acids is 1. The summed E-state index contributed by atoms with van der Waals surface area (Å²) in [6, 6.07) is 7.13. The molecular weight excluding hydrogens is 438 g/mol. The van der Waals surface area contributed by atoms with Crippen molar-refractivity contribution in [3.63, 3.8) is 0 Å². The molecule has 0 radical (unpaired) electrons. The van der Waals surface area contributed by atoms with Crippen molar-refractivity contribution in [2.45, 2.75) is 12.8 Å². The average Bonchev–Trinajstić information content (AvgIpc) is 2.73. The number of ketones is 1. The first kappa shape index (κ1) is 22.2. The molecule has 0 saturated carbocycles. The molecule has 3 aromatic rings. The lowest BCUT2D eigenvalue weighted by atomic mass is 9.97. The van der Waals surface area contributed by atoms with E-state index in [4.69, 9.17) is 16.3 Å². The Bertz CT molecular complexity index is 1140. The van der Waals surface area contributed by atoms with Gasteiger partial charge in [0.1, 0.15) is 5.75 Å². The molecular formula is C20H16ClF2N2O4S-. The number of hydrogen-bond donors (Lipinski definition) is 1. The highest BCUT2D eigenvalue weighted by molar-refractivity contribution is 7.77. The second-order valence-corrected chi connectivity index (χ2v) is 7.50. The summed E-state index contributed by atoms with van der Waals surface area (Å²) in [6.07, 6.45) is 1.96. The monoisotopic (exact) mass is 453 g/mol. The first-order valence-electron chi connectivity index (χ1n) is 8.79. The summed E-state index contributed by atoms with van der Waals surface area (Å²) < 4.78 is 57.0. The zero-order valence-corrected chi connectivity index (χ0v) is 17.3. The second-order valence-electron chi connectivity index (χ2n) is 6.36. The molecule has 30 heavy (non-hydrogen) atoms. The van der Waals surface area contributed by atoms with Gasteiger partial charge in [0, 0.05) is 28.8 Å². The number of halogens is 3. The highest BCUT2D eigenvalue weighted by atomic mass is 35.5. The number of rotatable bonds is 8. The van der Waals surface area contributed by atoms with Crippen molar-refractivity contribution in [1.82, 2.24) is 9.71 Å². The van der Waals surface area contributed by atoms with Crippen LogP contribution in [0.4, 0.5) is 8.78 Å². The van der Waals surface area contributed by atoms with Gasteiger partial charge in [0.05, 0.1) is 29.4 Å². The van der Waals surface area contributed by atoms with E-state index in [0.717, 1.165) is 6.07 Å². The van der Waals surface area contributed by atoms with E-state index in [0.29, 0.717) is 16.7 Å². The Morgan fingerprint density at radius 2 is 2.07 bits per heavy atom. The minimum Gasteiger partial charge on any atom is -0.760 e. The van der Waals surface area contributed by atoms with Gasteiger partial charge in [-0.2, -0.15) is 0 Å².